The molecule has 1 aromatic rings. The summed E-state index contributed by atoms with van der Waals surface area (Å²) in [6.07, 6.45) is -3.83. The van der Waals surface area contributed by atoms with Crippen molar-refractivity contribution in [1.82, 2.24) is 5.32 Å². The number of anilines is 1. The van der Waals surface area contributed by atoms with Gasteiger partial charge in [0.05, 0.1) is 0 Å². The van der Waals surface area contributed by atoms with E-state index in [-0.39, 0.29) is 19.4 Å². The first-order valence-corrected chi connectivity index (χ1v) is 5.51. The SMILES string of the molecule is Cc1ccc(CNC2(C(F)(F)F)CC2)cc1N. The molecule has 0 aromatic heterocycles. The van der Waals surface area contributed by atoms with Crippen LogP contribution in [0.4, 0.5) is 18.9 Å². The molecule has 0 unspecified atom stereocenters. The molecule has 0 atom stereocenters. The number of nitrogens with one attached hydrogen (secondary N) is 1. The summed E-state index contributed by atoms with van der Waals surface area (Å²) in [5.41, 5.74) is 6.38. The van der Waals surface area contributed by atoms with E-state index in [1.54, 1.807) is 12.1 Å². The van der Waals surface area contributed by atoms with Gasteiger partial charge in [0.2, 0.25) is 0 Å². The lowest BCUT2D eigenvalue weighted by Gasteiger charge is -2.20. The van der Waals surface area contributed by atoms with E-state index in [2.05, 4.69) is 5.32 Å². The van der Waals surface area contributed by atoms with Crippen LogP contribution in [0.3, 0.4) is 0 Å². The van der Waals surface area contributed by atoms with Crippen molar-refractivity contribution in [1.29, 1.82) is 0 Å². The Morgan fingerprint density at radius 3 is 2.47 bits per heavy atom. The molecule has 1 aromatic carbocycles. The summed E-state index contributed by atoms with van der Waals surface area (Å²) in [5.74, 6) is 0. The van der Waals surface area contributed by atoms with Crippen molar-refractivity contribution in [2.75, 3.05) is 5.73 Å². The fourth-order valence-electron chi connectivity index (χ4n) is 1.76. The number of rotatable bonds is 3. The minimum Gasteiger partial charge on any atom is -0.399 e. The van der Waals surface area contributed by atoms with Crippen molar-refractivity contribution in [3.05, 3.63) is 29.3 Å². The summed E-state index contributed by atoms with van der Waals surface area (Å²) in [7, 11) is 0. The molecule has 17 heavy (non-hydrogen) atoms. The third-order valence-electron chi connectivity index (χ3n) is 3.27. The van der Waals surface area contributed by atoms with Crippen LogP contribution >= 0.6 is 0 Å². The highest BCUT2D eigenvalue weighted by Crippen LogP contribution is 2.49. The van der Waals surface area contributed by atoms with E-state index in [1.165, 1.54) is 0 Å². The molecule has 0 spiro atoms. The minimum absolute atomic E-state index is 0.165. The largest absolute Gasteiger partial charge is 0.406 e. The van der Waals surface area contributed by atoms with Gasteiger partial charge in [0.1, 0.15) is 5.54 Å². The van der Waals surface area contributed by atoms with Crippen molar-refractivity contribution in [3.63, 3.8) is 0 Å². The number of hydrogen-bond donors (Lipinski definition) is 2. The average molecular weight is 244 g/mol. The normalized spacial score (nSPS) is 18.1. The van der Waals surface area contributed by atoms with Crippen molar-refractivity contribution < 1.29 is 13.2 Å². The van der Waals surface area contributed by atoms with Crippen molar-refractivity contribution >= 4 is 5.69 Å². The number of nitrogen functional groups attached to an aromatic ring is 1. The smallest absolute Gasteiger partial charge is 0.399 e. The standard InChI is InChI=1S/C12H15F3N2/c1-8-2-3-9(6-10(8)16)7-17-11(4-5-11)12(13,14)15/h2-3,6,17H,4-5,7,16H2,1H3. The fourth-order valence-corrected chi connectivity index (χ4v) is 1.76. The van der Waals surface area contributed by atoms with Crippen LogP contribution in [-0.2, 0) is 6.54 Å². The van der Waals surface area contributed by atoms with Crippen LogP contribution in [0, 0.1) is 6.92 Å². The summed E-state index contributed by atoms with van der Waals surface area (Å²) in [5, 5.41) is 2.59. The molecule has 1 aliphatic rings. The molecule has 1 fully saturated rings. The second-order valence-corrected chi connectivity index (χ2v) is 4.62. The third kappa shape index (κ3) is 2.39. The van der Waals surface area contributed by atoms with Crippen molar-refractivity contribution in [3.8, 4) is 0 Å². The van der Waals surface area contributed by atoms with E-state index in [0.717, 1.165) is 11.1 Å². The van der Waals surface area contributed by atoms with Crippen LogP contribution in [0.1, 0.15) is 24.0 Å². The van der Waals surface area contributed by atoms with Crippen LogP contribution in [0.25, 0.3) is 0 Å². The Morgan fingerprint density at radius 1 is 1.35 bits per heavy atom. The zero-order valence-corrected chi connectivity index (χ0v) is 9.56. The van der Waals surface area contributed by atoms with Gasteiger partial charge in [-0.1, -0.05) is 12.1 Å². The number of alkyl halides is 3. The van der Waals surface area contributed by atoms with Crippen molar-refractivity contribution in [2.24, 2.45) is 0 Å². The Hall–Kier alpha value is -1.23. The van der Waals surface area contributed by atoms with Gasteiger partial charge >= 0.3 is 6.18 Å². The van der Waals surface area contributed by atoms with Crippen molar-refractivity contribution in [2.45, 2.75) is 38.0 Å². The quantitative estimate of drug-likeness (QED) is 0.802. The van der Waals surface area contributed by atoms with E-state index < -0.39 is 11.7 Å². The Bertz CT molecular complexity index is 422. The highest BCUT2D eigenvalue weighted by atomic mass is 19.4. The second kappa shape index (κ2) is 3.91. The van der Waals surface area contributed by atoms with Gasteiger partial charge in [-0.15, -0.1) is 0 Å². The molecule has 0 amide bonds. The predicted molar refractivity (Wildman–Crippen MR) is 60.5 cm³/mol. The van der Waals surface area contributed by atoms with E-state index in [4.69, 9.17) is 5.73 Å². The first-order valence-electron chi connectivity index (χ1n) is 5.51. The molecule has 3 N–H and O–H groups in total. The van der Waals surface area contributed by atoms with Gasteiger partial charge in [-0.05, 0) is 37.0 Å². The molecule has 94 valence electrons. The van der Waals surface area contributed by atoms with Crippen LogP contribution in [0.5, 0.6) is 0 Å². The number of aryl methyl sites for hydroxylation is 1. The highest BCUT2D eigenvalue weighted by molar-refractivity contribution is 5.48. The summed E-state index contributed by atoms with van der Waals surface area (Å²) >= 11 is 0. The minimum atomic E-state index is -4.16. The summed E-state index contributed by atoms with van der Waals surface area (Å²) in [6, 6.07) is 5.33. The molecule has 2 nitrogen and oxygen atoms in total. The molecular formula is C12H15F3N2. The maximum absolute atomic E-state index is 12.7. The average Bonchev–Trinajstić information content (AvgIpc) is 3.00. The van der Waals surface area contributed by atoms with E-state index in [1.807, 2.05) is 13.0 Å². The topological polar surface area (TPSA) is 38.0 Å². The van der Waals surface area contributed by atoms with Gasteiger partial charge in [0.25, 0.3) is 0 Å². The molecule has 0 saturated heterocycles. The maximum atomic E-state index is 12.7. The zero-order chi connectivity index (χ0) is 12.7. The van der Waals surface area contributed by atoms with Crippen LogP contribution < -0.4 is 11.1 Å². The summed E-state index contributed by atoms with van der Waals surface area (Å²) in [6.45, 7) is 2.06. The third-order valence-corrected chi connectivity index (χ3v) is 3.27. The predicted octanol–water partition coefficient (Wildman–Crippen LogP) is 2.76. The molecule has 2 rings (SSSR count). The van der Waals surface area contributed by atoms with Crippen LogP contribution in [0.15, 0.2) is 18.2 Å². The molecule has 1 saturated carbocycles. The van der Waals surface area contributed by atoms with Gasteiger partial charge in [0.15, 0.2) is 0 Å². The van der Waals surface area contributed by atoms with Gasteiger partial charge < -0.3 is 5.73 Å². The molecule has 0 aliphatic heterocycles. The molecule has 0 bridgehead atoms. The highest BCUT2D eigenvalue weighted by Gasteiger charge is 2.62. The lowest BCUT2D eigenvalue weighted by atomic mass is 10.1. The summed E-state index contributed by atoms with van der Waals surface area (Å²) in [4.78, 5) is 0. The monoisotopic (exact) mass is 244 g/mol. The van der Waals surface area contributed by atoms with E-state index in [0.29, 0.717) is 5.69 Å². The molecule has 0 radical (unpaired) electrons. The van der Waals surface area contributed by atoms with E-state index in [9.17, 15) is 13.2 Å². The number of nitrogens with two attached hydrogens (primary N) is 1. The Balaban J connectivity index is 2.01. The van der Waals surface area contributed by atoms with Gasteiger partial charge in [-0.2, -0.15) is 13.2 Å². The molecule has 1 aliphatic carbocycles. The Labute approximate surface area is 98.0 Å². The lowest BCUT2D eigenvalue weighted by molar-refractivity contribution is -0.166. The Kier molecular flexibility index (Phi) is 2.81. The van der Waals surface area contributed by atoms with Crippen LogP contribution in [-0.4, -0.2) is 11.7 Å². The first kappa shape index (κ1) is 12.2. The Morgan fingerprint density at radius 2 is 2.00 bits per heavy atom. The number of hydrogen-bond acceptors (Lipinski definition) is 2. The van der Waals surface area contributed by atoms with Crippen LogP contribution in [0.2, 0.25) is 0 Å². The molecule has 0 heterocycles. The van der Waals surface area contributed by atoms with E-state index >= 15 is 0 Å². The second-order valence-electron chi connectivity index (χ2n) is 4.62. The van der Waals surface area contributed by atoms with Gasteiger partial charge in [-0.25, -0.2) is 0 Å². The maximum Gasteiger partial charge on any atom is 0.406 e. The summed E-state index contributed by atoms with van der Waals surface area (Å²) < 4.78 is 38.0. The van der Waals surface area contributed by atoms with Gasteiger partial charge in [0, 0.05) is 12.2 Å². The zero-order valence-electron chi connectivity index (χ0n) is 9.56. The number of halogens is 3. The molecular weight excluding hydrogens is 229 g/mol. The van der Waals surface area contributed by atoms with Gasteiger partial charge in [-0.3, -0.25) is 5.32 Å². The number of benzene rings is 1. The fraction of sp³-hybridized carbons (Fsp3) is 0.500. The lowest BCUT2D eigenvalue weighted by Crippen LogP contribution is -2.44. The molecule has 5 heteroatoms. The first-order chi connectivity index (χ1) is 7.84.